The van der Waals surface area contributed by atoms with E-state index < -0.39 is 17.4 Å². The molecule has 1 saturated heterocycles. The van der Waals surface area contributed by atoms with E-state index >= 15 is 0 Å². The van der Waals surface area contributed by atoms with E-state index in [0.717, 1.165) is 11.1 Å². The van der Waals surface area contributed by atoms with E-state index in [2.05, 4.69) is 6.07 Å². The van der Waals surface area contributed by atoms with E-state index in [4.69, 9.17) is 9.73 Å². The summed E-state index contributed by atoms with van der Waals surface area (Å²) in [6.45, 7) is 8.11. The maximum atomic E-state index is 14.2. The van der Waals surface area contributed by atoms with Gasteiger partial charge in [-0.3, -0.25) is 24.8 Å². The summed E-state index contributed by atoms with van der Waals surface area (Å²) in [5.74, 6) is 0.746. The van der Waals surface area contributed by atoms with Gasteiger partial charge in [0.1, 0.15) is 17.3 Å². The number of nitrogens with zero attached hydrogens (tertiary/aromatic N) is 6. The Balaban J connectivity index is 1.68. The second kappa shape index (κ2) is 11.9. The zero-order chi connectivity index (χ0) is 29.0. The number of aromatic hydroxyl groups is 1. The lowest BCUT2D eigenvalue weighted by Crippen LogP contribution is -2.55. The predicted molar refractivity (Wildman–Crippen MR) is 148 cm³/mol. The summed E-state index contributed by atoms with van der Waals surface area (Å²) < 4.78 is 5.94. The van der Waals surface area contributed by atoms with Crippen LogP contribution in [-0.2, 0) is 10.2 Å². The highest BCUT2D eigenvalue weighted by atomic mass is 16.5. The number of amidine groups is 1. The van der Waals surface area contributed by atoms with Gasteiger partial charge in [-0.05, 0) is 56.2 Å². The largest absolute Gasteiger partial charge is 0.508 e. The van der Waals surface area contributed by atoms with Crippen LogP contribution in [0.5, 0.6) is 11.5 Å². The Hall–Kier alpha value is -4.14. The Morgan fingerprint density at radius 1 is 1.15 bits per heavy atom. The fraction of sp³-hybridized carbons (Fsp3) is 0.448. The molecule has 2 aliphatic heterocycles. The molecule has 1 fully saturated rings. The van der Waals surface area contributed by atoms with E-state index in [1.165, 1.54) is 7.05 Å². The van der Waals surface area contributed by atoms with Crippen LogP contribution in [0.3, 0.4) is 0 Å². The first kappa shape index (κ1) is 28.9. The van der Waals surface area contributed by atoms with Crippen molar-refractivity contribution in [2.24, 2.45) is 4.99 Å². The fourth-order valence-corrected chi connectivity index (χ4v) is 4.85. The molecule has 2 aromatic carbocycles. The number of nitriles is 1. The number of benzene rings is 2. The quantitative estimate of drug-likeness (QED) is 0.401. The molecular formula is C29H36N6O5. The third-order valence-corrected chi connectivity index (χ3v) is 7.32. The molecule has 1 atom stereocenters. The minimum absolute atomic E-state index is 0.0702. The Kier molecular flexibility index (Phi) is 8.61. The standard InChI is InChI=1S/C29H36N6O5/c1-5-40-25-11-8-21(29(2,3)19-30)16-23(25)27-31-17-24(20-6-9-22(36)10-7-20)35(27)28(38)34-14-12-33(13-15-34)18-26(37)32(4)39/h6-11,16,24,36,39H,5,12-15,17-18H2,1-4H3/t24-/m0/s1. The Bertz CT molecular complexity index is 1310. The first-order valence-corrected chi connectivity index (χ1v) is 13.3. The highest BCUT2D eigenvalue weighted by molar-refractivity contribution is 6.10. The Labute approximate surface area is 234 Å². The maximum absolute atomic E-state index is 14.2. The smallest absolute Gasteiger partial charge is 0.326 e. The molecule has 0 aliphatic carbocycles. The van der Waals surface area contributed by atoms with E-state index in [0.29, 0.717) is 61.5 Å². The number of amides is 3. The summed E-state index contributed by atoms with van der Waals surface area (Å²) >= 11 is 0. The monoisotopic (exact) mass is 548 g/mol. The van der Waals surface area contributed by atoms with Crippen molar-refractivity contribution in [1.82, 2.24) is 19.8 Å². The molecule has 3 amide bonds. The van der Waals surface area contributed by atoms with Gasteiger partial charge < -0.3 is 14.7 Å². The van der Waals surface area contributed by atoms with Gasteiger partial charge in [0.15, 0.2) is 0 Å². The Morgan fingerprint density at radius 2 is 1.82 bits per heavy atom. The van der Waals surface area contributed by atoms with E-state index in [1.54, 1.807) is 34.1 Å². The molecule has 4 rings (SSSR count). The molecule has 0 aromatic heterocycles. The number of piperazine rings is 1. The van der Waals surface area contributed by atoms with Crippen molar-refractivity contribution < 1.29 is 24.6 Å². The number of carbonyl (C=O) groups is 2. The number of hydrogen-bond acceptors (Lipinski definition) is 8. The van der Waals surface area contributed by atoms with Crippen LogP contribution < -0.4 is 4.74 Å². The van der Waals surface area contributed by atoms with Gasteiger partial charge in [0, 0.05) is 33.2 Å². The molecule has 2 heterocycles. The van der Waals surface area contributed by atoms with Crippen molar-refractivity contribution in [3.63, 3.8) is 0 Å². The molecule has 0 unspecified atom stereocenters. The lowest BCUT2D eigenvalue weighted by Gasteiger charge is -2.38. The van der Waals surface area contributed by atoms with E-state index in [-0.39, 0.29) is 18.3 Å². The summed E-state index contributed by atoms with van der Waals surface area (Å²) in [7, 11) is 1.29. The van der Waals surface area contributed by atoms with Gasteiger partial charge >= 0.3 is 6.03 Å². The number of ether oxygens (including phenoxy) is 1. The highest BCUT2D eigenvalue weighted by Crippen LogP contribution is 2.36. The van der Waals surface area contributed by atoms with E-state index in [1.807, 2.05) is 43.9 Å². The number of phenolic OH excluding ortho intramolecular Hbond substituents is 1. The normalized spacial score (nSPS) is 17.8. The van der Waals surface area contributed by atoms with Crippen molar-refractivity contribution in [3.8, 4) is 17.6 Å². The molecule has 0 bridgehead atoms. The van der Waals surface area contributed by atoms with Crippen LogP contribution in [0, 0.1) is 11.3 Å². The van der Waals surface area contributed by atoms with Crippen molar-refractivity contribution in [2.75, 3.05) is 52.9 Å². The Morgan fingerprint density at radius 3 is 2.42 bits per heavy atom. The summed E-state index contributed by atoms with van der Waals surface area (Å²) in [5.41, 5.74) is 1.48. The maximum Gasteiger partial charge on any atom is 0.326 e. The third-order valence-electron chi connectivity index (χ3n) is 7.32. The van der Waals surface area contributed by atoms with Crippen molar-refractivity contribution in [2.45, 2.75) is 32.2 Å². The minimum Gasteiger partial charge on any atom is -0.508 e. The second-order valence-corrected chi connectivity index (χ2v) is 10.5. The van der Waals surface area contributed by atoms with Gasteiger partial charge in [0.05, 0.1) is 42.8 Å². The molecule has 0 saturated carbocycles. The molecule has 11 heteroatoms. The molecule has 0 spiro atoms. The van der Waals surface area contributed by atoms with Gasteiger partial charge in [-0.15, -0.1) is 0 Å². The summed E-state index contributed by atoms with van der Waals surface area (Å²) in [6, 6.07) is 14.0. The molecule has 2 aromatic rings. The zero-order valence-electron chi connectivity index (χ0n) is 23.4. The topological polar surface area (TPSA) is 133 Å². The van der Waals surface area contributed by atoms with Crippen molar-refractivity contribution in [1.29, 1.82) is 5.26 Å². The molecule has 2 N–H and O–H groups in total. The van der Waals surface area contributed by atoms with Crippen molar-refractivity contribution >= 4 is 17.8 Å². The van der Waals surface area contributed by atoms with Crippen LogP contribution in [0.25, 0.3) is 0 Å². The zero-order valence-corrected chi connectivity index (χ0v) is 23.4. The molecule has 212 valence electrons. The fourth-order valence-electron chi connectivity index (χ4n) is 4.85. The number of phenols is 1. The number of rotatable bonds is 7. The number of likely N-dealkylation sites (N-methyl/N-ethyl adjacent to an activating group) is 1. The van der Waals surface area contributed by atoms with Crippen LogP contribution >= 0.6 is 0 Å². The van der Waals surface area contributed by atoms with Crippen LogP contribution in [-0.4, -0.2) is 101 Å². The predicted octanol–water partition coefficient (Wildman–Crippen LogP) is 2.98. The lowest BCUT2D eigenvalue weighted by molar-refractivity contribution is -0.160. The number of aliphatic imine (C=N–C) groups is 1. The van der Waals surface area contributed by atoms with Gasteiger partial charge in [-0.2, -0.15) is 5.26 Å². The molecule has 0 radical (unpaired) electrons. The van der Waals surface area contributed by atoms with Gasteiger partial charge in [-0.25, -0.2) is 9.86 Å². The second-order valence-electron chi connectivity index (χ2n) is 10.5. The first-order chi connectivity index (χ1) is 19.1. The highest BCUT2D eigenvalue weighted by Gasteiger charge is 2.39. The molecular weight excluding hydrogens is 512 g/mol. The van der Waals surface area contributed by atoms with Crippen molar-refractivity contribution in [3.05, 3.63) is 59.2 Å². The average Bonchev–Trinajstić information content (AvgIpc) is 3.38. The van der Waals surface area contributed by atoms with Gasteiger partial charge in [-0.1, -0.05) is 18.2 Å². The number of carbonyl (C=O) groups excluding carboxylic acids is 2. The minimum atomic E-state index is -0.764. The van der Waals surface area contributed by atoms with Crippen LogP contribution in [0.1, 0.15) is 43.5 Å². The summed E-state index contributed by atoms with van der Waals surface area (Å²) in [6.07, 6.45) is 0. The average molecular weight is 549 g/mol. The summed E-state index contributed by atoms with van der Waals surface area (Å²) in [4.78, 5) is 36.3. The van der Waals surface area contributed by atoms with Gasteiger partial charge in [0.2, 0.25) is 0 Å². The lowest BCUT2D eigenvalue weighted by atomic mass is 9.85. The van der Waals surface area contributed by atoms with Crippen LogP contribution in [0.4, 0.5) is 4.79 Å². The number of hydroxylamine groups is 2. The summed E-state index contributed by atoms with van der Waals surface area (Å²) in [5, 5.41) is 29.6. The molecule has 2 aliphatic rings. The van der Waals surface area contributed by atoms with Crippen LogP contribution in [0.15, 0.2) is 47.5 Å². The van der Waals surface area contributed by atoms with Crippen LogP contribution in [0.2, 0.25) is 0 Å². The first-order valence-electron chi connectivity index (χ1n) is 13.3. The van der Waals surface area contributed by atoms with E-state index in [9.17, 15) is 25.2 Å². The SMILES string of the molecule is CCOc1ccc(C(C)(C)C#N)cc1C1=NC[C@@H](c2ccc(O)cc2)N1C(=O)N1CCN(CC(=O)N(C)O)CC1. The number of urea groups is 1. The third kappa shape index (κ3) is 6.03. The van der Waals surface area contributed by atoms with Gasteiger partial charge in [0.25, 0.3) is 5.91 Å². The molecule has 11 nitrogen and oxygen atoms in total. The number of hydrogen-bond donors (Lipinski definition) is 2. The molecule has 40 heavy (non-hydrogen) atoms.